The zero-order valence-corrected chi connectivity index (χ0v) is 13.1. The number of benzene rings is 1. The Morgan fingerprint density at radius 3 is 2.74 bits per heavy atom. The Labute approximate surface area is 128 Å². The minimum atomic E-state index is 0.542. The maximum absolute atomic E-state index is 6.04. The highest BCUT2D eigenvalue weighted by molar-refractivity contribution is 9.10. The van der Waals surface area contributed by atoms with Gasteiger partial charge < -0.3 is 10.7 Å². The average molecular weight is 361 g/mol. The predicted octanol–water partition coefficient (Wildman–Crippen LogP) is 3.64. The first-order valence-corrected chi connectivity index (χ1v) is 7.64. The van der Waals surface area contributed by atoms with Gasteiger partial charge in [0.1, 0.15) is 11.6 Å². The van der Waals surface area contributed by atoms with Crippen LogP contribution in [0.3, 0.4) is 0 Å². The summed E-state index contributed by atoms with van der Waals surface area (Å²) < 4.78 is 0.781. The molecular formula is C11H11BrClN5S. The number of hydrazine groups is 1. The summed E-state index contributed by atoms with van der Waals surface area (Å²) in [7, 11) is 0. The molecule has 0 amide bonds. The van der Waals surface area contributed by atoms with Crippen LogP contribution in [0.15, 0.2) is 33.9 Å². The number of nitrogens with two attached hydrogens (primary N) is 1. The van der Waals surface area contributed by atoms with Crippen LogP contribution in [-0.2, 0) is 0 Å². The molecule has 1 aromatic heterocycles. The molecule has 0 fully saturated rings. The van der Waals surface area contributed by atoms with E-state index < -0.39 is 0 Å². The molecular weight excluding hydrogens is 350 g/mol. The van der Waals surface area contributed by atoms with Gasteiger partial charge in [-0.25, -0.2) is 15.8 Å². The van der Waals surface area contributed by atoms with Crippen molar-refractivity contribution in [2.24, 2.45) is 5.84 Å². The molecule has 0 unspecified atom stereocenters. The van der Waals surface area contributed by atoms with Crippen LogP contribution < -0.4 is 16.6 Å². The van der Waals surface area contributed by atoms with Crippen molar-refractivity contribution in [2.75, 3.05) is 17.0 Å². The van der Waals surface area contributed by atoms with Crippen LogP contribution in [0.4, 0.5) is 17.3 Å². The number of aromatic nitrogens is 2. The molecule has 0 bridgehead atoms. The zero-order valence-electron chi connectivity index (χ0n) is 9.95. The fraction of sp³-hybridized carbons (Fsp3) is 0.0909. The Bertz CT molecular complexity index is 573. The number of thioether (sulfide) groups is 1. The van der Waals surface area contributed by atoms with Crippen molar-refractivity contribution < 1.29 is 0 Å². The van der Waals surface area contributed by atoms with Crippen molar-refractivity contribution in [2.45, 2.75) is 5.16 Å². The van der Waals surface area contributed by atoms with Crippen molar-refractivity contribution in [3.63, 3.8) is 0 Å². The Balaban J connectivity index is 2.34. The van der Waals surface area contributed by atoms with Gasteiger partial charge in [0.25, 0.3) is 0 Å². The van der Waals surface area contributed by atoms with Crippen LogP contribution in [0.1, 0.15) is 0 Å². The van der Waals surface area contributed by atoms with Gasteiger partial charge in [-0.1, -0.05) is 29.4 Å². The van der Waals surface area contributed by atoms with Gasteiger partial charge in [-0.2, -0.15) is 0 Å². The normalized spacial score (nSPS) is 10.3. The Morgan fingerprint density at radius 2 is 2.05 bits per heavy atom. The van der Waals surface area contributed by atoms with Crippen LogP contribution in [-0.4, -0.2) is 16.2 Å². The molecule has 0 aliphatic heterocycles. The standard InChI is InChI=1S/C11H11BrClN5S/c1-19-11-16-8(5-9(17-11)18-14)15-7-4-2-3-6(13)10(7)12/h2-5H,14H2,1H3,(H2,15,16,17,18). The third kappa shape index (κ3) is 3.50. The summed E-state index contributed by atoms with van der Waals surface area (Å²) in [6.07, 6.45) is 1.90. The second-order valence-corrected chi connectivity index (χ2v) is 5.47. The highest BCUT2D eigenvalue weighted by Gasteiger charge is 2.07. The zero-order chi connectivity index (χ0) is 13.8. The lowest BCUT2D eigenvalue weighted by Gasteiger charge is -2.10. The topological polar surface area (TPSA) is 75.9 Å². The molecule has 0 aliphatic rings. The highest BCUT2D eigenvalue weighted by atomic mass is 79.9. The summed E-state index contributed by atoms with van der Waals surface area (Å²) >= 11 is 10.9. The molecule has 0 saturated carbocycles. The number of nitrogen functional groups attached to an aromatic ring is 1. The number of nitrogens with zero attached hydrogens (tertiary/aromatic N) is 2. The van der Waals surface area contributed by atoms with Crippen molar-refractivity contribution >= 4 is 56.6 Å². The van der Waals surface area contributed by atoms with Crippen LogP contribution in [0.25, 0.3) is 0 Å². The second kappa shape index (κ2) is 6.42. The largest absolute Gasteiger partial charge is 0.339 e. The van der Waals surface area contributed by atoms with Gasteiger partial charge in [0.15, 0.2) is 5.16 Å². The minimum absolute atomic E-state index is 0.542. The van der Waals surface area contributed by atoms with Gasteiger partial charge in [0.2, 0.25) is 0 Å². The van der Waals surface area contributed by atoms with E-state index in [4.69, 9.17) is 17.4 Å². The quantitative estimate of drug-likeness (QED) is 0.334. The molecule has 1 aromatic carbocycles. The molecule has 100 valence electrons. The van der Waals surface area contributed by atoms with E-state index in [1.165, 1.54) is 11.8 Å². The van der Waals surface area contributed by atoms with Gasteiger partial charge in [-0.05, 0) is 34.3 Å². The van der Waals surface area contributed by atoms with Crippen molar-refractivity contribution in [3.05, 3.63) is 33.8 Å². The third-order valence-electron chi connectivity index (χ3n) is 2.25. The van der Waals surface area contributed by atoms with Crippen molar-refractivity contribution in [1.29, 1.82) is 0 Å². The van der Waals surface area contributed by atoms with Crippen molar-refractivity contribution in [1.82, 2.24) is 9.97 Å². The first-order valence-electron chi connectivity index (χ1n) is 5.24. The molecule has 2 aromatic rings. The molecule has 5 nitrogen and oxygen atoms in total. The summed E-state index contributed by atoms with van der Waals surface area (Å²) in [4.78, 5) is 8.54. The van der Waals surface area contributed by atoms with Gasteiger partial charge in [-0.3, -0.25) is 0 Å². The monoisotopic (exact) mass is 359 g/mol. The van der Waals surface area contributed by atoms with Crippen LogP contribution in [0.2, 0.25) is 5.02 Å². The van der Waals surface area contributed by atoms with E-state index in [-0.39, 0.29) is 0 Å². The van der Waals surface area contributed by atoms with E-state index in [1.807, 2.05) is 18.4 Å². The maximum Gasteiger partial charge on any atom is 0.191 e. The number of nitrogens with one attached hydrogen (secondary N) is 2. The molecule has 4 N–H and O–H groups in total. The fourth-order valence-corrected chi connectivity index (χ4v) is 2.31. The van der Waals surface area contributed by atoms with Crippen LogP contribution >= 0.6 is 39.3 Å². The highest BCUT2D eigenvalue weighted by Crippen LogP contribution is 2.32. The lowest BCUT2D eigenvalue weighted by atomic mass is 10.3. The molecule has 19 heavy (non-hydrogen) atoms. The van der Waals surface area contributed by atoms with Gasteiger partial charge in [-0.15, -0.1) is 0 Å². The minimum Gasteiger partial charge on any atom is -0.339 e. The number of rotatable bonds is 4. The molecule has 0 aliphatic carbocycles. The van der Waals surface area contributed by atoms with E-state index in [9.17, 15) is 0 Å². The maximum atomic E-state index is 6.04. The molecule has 1 heterocycles. The summed E-state index contributed by atoms with van der Waals surface area (Å²) in [6, 6.07) is 7.27. The first-order chi connectivity index (χ1) is 9.13. The summed E-state index contributed by atoms with van der Waals surface area (Å²) in [5, 5.41) is 4.42. The SMILES string of the molecule is CSc1nc(NN)cc(Nc2cccc(Cl)c2Br)n1. The Hall–Kier alpha value is -1.02. The molecule has 0 radical (unpaired) electrons. The lowest BCUT2D eigenvalue weighted by molar-refractivity contribution is 0.971. The van der Waals surface area contributed by atoms with Crippen LogP contribution in [0, 0.1) is 0 Å². The second-order valence-electron chi connectivity index (χ2n) is 3.50. The van der Waals surface area contributed by atoms with Gasteiger partial charge in [0.05, 0.1) is 15.2 Å². The van der Waals surface area contributed by atoms with E-state index in [2.05, 4.69) is 36.6 Å². The molecule has 0 spiro atoms. The molecule has 0 atom stereocenters. The van der Waals surface area contributed by atoms with E-state index in [0.717, 1.165) is 10.2 Å². The summed E-state index contributed by atoms with van der Waals surface area (Å²) in [6.45, 7) is 0. The van der Waals surface area contributed by atoms with Gasteiger partial charge >= 0.3 is 0 Å². The molecule has 2 rings (SSSR count). The molecule has 0 saturated heterocycles. The van der Waals surface area contributed by atoms with E-state index in [0.29, 0.717) is 21.8 Å². The first kappa shape index (κ1) is 14.4. The fourth-order valence-electron chi connectivity index (χ4n) is 1.39. The summed E-state index contributed by atoms with van der Waals surface area (Å²) in [5.41, 5.74) is 3.33. The third-order valence-corrected chi connectivity index (χ3v) is 4.20. The summed E-state index contributed by atoms with van der Waals surface area (Å²) in [5.74, 6) is 6.56. The van der Waals surface area contributed by atoms with Crippen LogP contribution in [0.5, 0.6) is 0 Å². The average Bonchev–Trinajstić information content (AvgIpc) is 2.43. The Kier molecular flexibility index (Phi) is 4.87. The predicted molar refractivity (Wildman–Crippen MR) is 84.1 cm³/mol. The smallest absolute Gasteiger partial charge is 0.191 e. The molecule has 8 heteroatoms. The number of hydrogen-bond donors (Lipinski definition) is 3. The van der Waals surface area contributed by atoms with E-state index >= 15 is 0 Å². The number of hydrogen-bond acceptors (Lipinski definition) is 6. The van der Waals surface area contributed by atoms with Gasteiger partial charge in [0, 0.05) is 6.07 Å². The Morgan fingerprint density at radius 1 is 1.32 bits per heavy atom. The van der Waals surface area contributed by atoms with E-state index in [1.54, 1.807) is 12.1 Å². The lowest BCUT2D eigenvalue weighted by Crippen LogP contribution is -2.10. The van der Waals surface area contributed by atoms with Crippen molar-refractivity contribution in [3.8, 4) is 0 Å². The number of anilines is 3. The number of halogens is 2.